The number of aliphatic hydroxyl groups is 1. The number of hydrogen-bond donors (Lipinski definition) is 2. The molecule has 0 spiro atoms. The maximum atomic E-state index is 13.3. The van der Waals surface area contributed by atoms with Crippen LogP contribution in [0.15, 0.2) is 36.4 Å². The van der Waals surface area contributed by atoms with Gasteiger partial charge in [-0.1, -0.05) is 17.7 Å². The molecule has 4 nitrogen and oxygen atoms in total. The summed E-state index contributed by atoms with van der Waals surface area (Å²) in [5.74, 6) is -0.0828. The maximum absolute atomic E-state index is 13.3. The summed E-state index contributed by atoms with van der Waals surface area (Å²) in [5, 5.41) is 12.3. The summed E-state index contributed by atoms with van der Waals surface area (Å²) in [5.41, 5.74) is 1.60. The molecule has 2 rings (SSSR count). The zero-order chi connectivity index (χ0) is 16.8. The van der Waals surface area contributed by atoms with E-state index in [9.17, 15) is 9.18 Å². The molecule has 0 heterocycles. The number of amides is 1. The third-order valence-corrected chi connectivity index (χ3v) is 3.60. The van der Waals surface area contributed by atoms with Gasteiger partial charge >= 0.3 is 0 Å². The van der Waals surface area contributed by atoms with Gasteiger partial charge in [0.25, 0.3) is 0 Å². The Kier molecular flexibility index (Phi) is 5.96. The van der Waals surface area contributed by atoms with Crippen molar-refractivity contribution in [2.24, 2.45) is 0 Å². The van der Waals surface area contributed by atoms with E-state index in [0.29, 0.717) is 21.9 Å². The lowest BCUT2D eigenvalue weighted by atomic mass is 10.1. The van der Waals surface area contributed by atoms with Crippen LogP contribution < -0.4 is 10.1 Å². The van der Waals surface area contributed by atoms with Gasteiger partial charge in [-0.15, -0.1) is 0 Å². The van der Waals surface area contributed by atoms with Gasteiger partial charge in [-0.3, -0.25) is 4.79 Å². The lowest BCUT2D eigenvalue weighted by Gasteiger charge is -2.10. The average Bonchev–Trinajstić information content (AvgIpc) is 2.54. The highest BCUT2D eigenvalue weighted by Gasteiger charge is 2.10. The number of nitrogens with one attached hydrogen (secondary N) is 1. The SMILES string of the molecule is COc1ccc(Cl)cc1CC(=O)NCc1ccc(F)c(CO)c1. The lowest BCUT2D eigenvalue weighted by Crippen LogP contribution is -2.24. The number of rotatable bonds is 6. The molecule has 0 aliphatic rings. The first-order chi connectivity index (χ1) is 11.0. The molecule has 0 aromatic heterocycles. The van der Waals surface area contributed by atoms with Crippen molar-refractivity contribution < 1.29 is 19.0 Å². The third-order valence-electron chi connectivity index (χ3n) is 3.36. The molecule has 0 saturated carbocycles. The number of halogens is 2. The monoisotopic (exact) mass is 337 g/mol. The standard InChI is InChI=1S/C17H17ClFNO3/c1-23-16-5-3-14(18)7-12(16)8-17(22)20-9-11-2-4-15(19)13(6-11)10-21/h2-7,21H,8-10H2,1H3,(H,20,22). The van der Waals surface area contributed by atoms with Crippen LogP contribution in [0.3, 0.4) is 0 Å². The largest absolute Gasteiger partial charge is 0.496 e. The molecule has 0 unspecified atom stereocenters. The fourth-order valence-electron chi connectivity index (χ4n) is 2.18. The van der Waals surface area contributed by atoms with Gasteiger partial charge in [0.15, 0.2) is 0 Å². The van der Waals surface area contributed by atoms with Gasteiger partial charge in [-0.2, -0.15) is 0 Å². The molecule has 2 aromatic carbocycles. The molecule has 2 N–H and O–H groups in total. The van der Waals surface area contributed by atoms with E-state index in [1.807, 2.05) is 0 Å². The Morgan fingerprint density at radius 2 is 2.04 bits per heavy atom. The first-order valence-corrected chi connectivity index (χ1v) is 7.38. The summed E-state index contributed by atoms with van der Waals surface area (Å²) in [6.45, 7) is -0.137. The Balaban J connectivity index is 1.99. The molecule has 2 aromatic rings. The highest BCUT2D eigenvalue weighted by Crippen LogP contribution is 2.23. The van der Waals surface area contributed by atoms with Crippen LogP contribution in [-0.2, 0) is 24.4 Å². The van der Waals surface area contributed by atoms with E-state index in [2.05, 4.69) is 5.32 Å². The molecule has 0 radical (unpaired) electrons. The summed E-state index contributed by atoms with van der Waals surface area (Å²) in [4.78, 5) is 12.1. The third kappa shape index (κ3) is 4.68. The van der Waals surface area contributed by atoms with Crippen molar-refractivity contribution in [3.05, 3.63) is 63.9 Å². The Morgan fingerprint density at radius 1 is 1.26 bits per heavy atom. The maximum Gasteiger partial charge on any atom is 0.224 e. The van der Waals surface area contributed by atoms with Crippen molar-refractivity contribution in [1.29, 1.82) is 0 Å². The molecule has 0 fully saturated rings. The Morgan fingerprint density at radius 3 is 2.74 bits per heavy atom. The number of carbonyl (C=O) groups is 1. The first-order valence-electron chi connectivity index (χ1n) is 7.00. The topological polar surface area (TPSA) is 58.6 Å². The number of hydrogen-bond acceptors (Lipinski definition) is 3. The van der Waals surface area contributed by atoms with Crippen molar-refractivity contribution in [3.63, 3.8) is 0 Å². The zero-order valence-electron chi connectivity index (χ0n) is 12.6. The van der Waals surface area contributed by atoms with Crippen molar-refractivity contribution in [2.75, 3.05) is 7.11 Å². The minimum Gasteiger partial charge on any atom is -0.496 e. The molecular weight excluding hydrogens is 321 g/mol. The van der Waals surface area contributed by atoms with E-state index in [0.717, 1.165) is 0 Å². The van der Waals surface area contributed by atoms with Crippen molar-refractivity contribution in [3.8, 4) is 5.75 Å². The van der Waals surface area contributed by atoms with E-state index in [4.69, 9.17) is 21.4 Å². The van der Waals surface area contributed by atoms with Crippen LogP contribution in [0.25, 0.3) is 0 Å². The van der Waals surface area contributed by atoms with E-state index >= 15 is 0 Å². The predicted molar refractivity (Wildman–Crippen MR) is 85.9 cm³/mol. The molecule has 1 amide bonds. The van der Waals surface area contributed by atoms with E-state index in [1.54, 1.807) is 24.3 Å². The highest BCUT2D eigenvalue weighted by molar-refractivity contribution is 6.30. The second-order valence-corrected chi connectivity index (χ2v) is 5.43. The second kappa shape index (κ2) is 7.94. The molecule has 0 bridgehead atoms. The van der Waals surface area contributed by atoms with Crippen LogP contribution in [0.1, 0.15) is 16.7 Å². The summed E-state index contributed by atoms with van der Waals surface area (Å²) >= 11 is 5.93. The first kappa shape index (κ1) is 17.2. The van der Waals surface area contributed by atoms with Crippen LogP contribution in [0, 0.1) is 5.82 Å². The van der Waals surface area contributed by atoms with Crippen molar-refractivity contribution in [1.82, 2.24) is 5.32 Å². The van der Waals surface area contributed by atoms with Crippen LogP contribution in [0.4, 0.5) is 4.39 Å². The van der Waals surface area contributed by atoms with Crippen LogP contribution in [0.2, 0.25) is 5.02 Å². The Hall–Kier alpha value is -2.11. The highest BCUT2D eigenvalue weighted by atomic mass is 35.5. The molecule has 0 aliphatic heterocycles. The van der Waals surface area contributed by atoms with Gasteiger partial charge in [0.1, 0.15) is 11.6 Å². The van der Waals surface area contributed by atoms with Gasteiger partial charge in [0, 0.05) is 22.7 Å². The van der Waals surface area contributed by atoms with E-state index in [1.165, 1.54) is 19.2 Å². The fourth-order valence-corrected chi connectivity index (χ4v) is 2.38. The summed E-state index contributed by atoms with van der Waals surface area (Å²) in [7, 11) is 1.53. The second-order valence-electron chi connectivity index (χ2n) is 4.99. The Bertz CT molecular complexity index is 706. The predicted octanol–water partition coefficient (Wildman–Crippen LogP) is 2.84. The molecular formula is C17H17ClFNO3. The van der Waals surface area contributed by atoms with E-state index in [-0.39, 0.29) is 31.0 Å². The molecule has 122 valence electrons. The van der Waals surface area contributed by atoms with Crippen LogP contribution >= 0.6 is 11.6 Å². The molecule has 0 atom stereocenters. The van der Waals surface area contributed by atoms with Gasteiger partial charge in [0.2, 0.25) is 5.91 Å². The minimum atomic E-state index is -0.466. The number of ether oxygens (including phenoxy) is 1. The minimum absolute atomic E-state index is 0.123. The van der Waals surface area contributed by atoms with Crippen LogP contribution in [0.5, 0.6) is 5.75 Å². The van der Waals surface area contributed by atoms with Gasteiger partial charge < -0.3 is 15.2 Å². The van der Waals surface area contributed by atoms with Gasteiger partial charge in [0.05, 0.1) is 20.1 Å². The van der Waals surface area contributed by atoms with Crippen molar-refractivity contribution >= 4 is 17.5 Å². The molecule has 0 saturated heterocycles. The number of aliphatic hydroxyl groups excluding tert-OH is 1. The lowest BCUT2D eigenvalue weighted by molar-refractivity contribution is -0.120. The number of benzene rings is 2. The molecule has 0 aliphatic carbocycles. The summed E-state index contributed by atoms with van der Waals surface area (Å²) < 4.78 is 18.5. The summed E-state index contributed by atoms with van der Waals surface area (Å²) in [6, 6.07) is 9.44. The average molecular weight is 338 g/mol. The van der Waals surface area contributed by atoms with Gasteiger partial charge in [-0.25, -0.2) is 4.39 Å². The normalized spacial score (nSPS) is 10.4. The van der Waals surface area contributed by atoms with Crippen LogP contribution in [-0.4, -0.2) is 18.1 Å². The number of methoxy groups -OCH3 is 1. The fraction of sp³-hybridized carbons (Fsp3) is 0.235. The molecule has 23 heavy (non-hydrogen) atoms. The van der Waals surface area contributed by atoms with Crippen molar-refractivity contribution in [2.45, 2.75) is 19.6 Å². The number of carbonyl (C=O) groups excluding carboxylic acids is 1. The van der Waals surface area contributed by atoms with E-state index < -0.39 is 5.82 Å². The Labute approximate surface area is 138 Å². The quantitative estimate of drug-likeness (QED) is 0.852. The zero-order valence-corrected chi connectivity index (χ0v) is 13.4. The van der Waals surface area contributed by atoms with Gasteiger partial charge in [-0.05, 0) is 35.9 Å². The summed E-state index contributed by atoms with van der Waals surface area (Å²) in [6.07, 6.45) is 0.123. The smallest absolute Gasteiger partial charge is 0.224 e. The molecule has 6 heteroatoms.